The molecular weight excluding hydrogens is 258 g/mol. The van der Waals surface area contributed by atoms with Crippen molar-refractivity contribution in [3.05, 3.63) is 36.0 Å². The van der Waals surface area contributed by atoms with Gasteiger partial charge < -0.3 is 20.4 Å². The molecule has 0 spiro atoms. The van der Waals surface area contributed by atoms with Gasteiger partial charge in [0.25, 0.3) is 0 Å². The Labute approximate surface area is 116 Å². The van der Waals surface area contributed by atoms with E-state index in [1.54, 1.807) is 12.3 Å². The van der Waals surface area contributed by atoms with E-state index >= 15 is 0 Å². The third-order valence-electron chi connectivity index (χ3n) is 2.88. The van der Waals surface area contributed by atoms with Gasteiger partial charge in [-0.25, -0.2) is 14.8 Å². The van der Waals surface area contributed by atoms with E-state index in [1.165, 1.54) is 13.3 Å². The smallest absolute Gasteiger partial charge is 0.341 e. The Hall–Kier alpha value is -2.57. The molecule has 0 aromatic carbocycles. The monoisotopic (exact) mass is 275 g/mol. The van der Waals surface area contributed by atoms with E-state index in [1.807, 2.05) is 17.8 Å². The summed E-state index contributed by atoms with van der Waals surface area (Å²) in [7, 11) is 3.26. The highest BCUT2D eigenvalue weighted by atomic mass is 16.5. The fourth-order valence-corrected chi connectivity index (χ4v) is 1.82. The molecule has 3 N–H and O–H groups in total. The van der Waals surface area contributed by atoms with Gasteiger partial charge in [-0.05, 0) is 6.07 Å². The molecule has 0 fully saturated rings. The van der Waals surface area contributed by atoms with Crippen LogP contribution in [0.5, 0.6) is 0 Å². The van der Waals surface area contributed by atoms with Crippen LogP contribution in [0.1, 0.15) is 16.2 Å². The van der Waals surface area contributed by atoms with E-state index in [0.29, 0.717) is 23.6 Å². The predicted octanol–water partition coefficient (Wildman–Crippen LogP) is 0.838. The van der Waals surface area contributed by atoms with Crippen LogP contribution in [0.3, 0.4) is 0 Å². The van der Waals surface area contributed by atoms with Gasteiger partial charge in [0.05, 0.1) is 19.0 Å². The number of imidazole rings is 1. The highest BCUT2D eigenvalue weighted by Crippen LogP contribution is 2.16. The topological polar surface area (TPSA) is 95.1 Å². The summed E-state index contributed by atoms with van der Waals surface area (Å²) in [6.07, 6.45) is 5.85. The number of hydrogen-bond acceptors (Lipinski definition) is 6. The van der Waals surface area contributed by atoms with E-state index in [2.05, 4.69) is 15.3 Å². The Morgan fingerprint density at radius 1 is 1.50 bits per heavy atom. The van der Waals surface area contributed by atoms with Crippen LogP contribution in [-0.4, -0.2) is 34.2 Å². The number of nitrogens with zero attached hydrogens (tertiary/aromatic N) is 3. The second kappa shape index (κ2) is 6.05. The molecule has 0 aliphatic carbocycles. The quantitative estimate of drug-likeness (QED) is 0.785. The molecule has 7 nitrogen and oxygen atoms in total. The van der Waals surface area contributed by atoms with Crippen LogP contribution in [0, 0.1) is 0 Å². The van der Waals surface area contributed by atoms with Crippen molar-refractivity contribution in [3.8, 4) is 0 Å². The van der Waals surface area contributed by atoms with Crippen molar-refractivity contribution in [2.75, 3.05) is 24.7 Å². The van der Waals surface area contributed by atoms with Crippen molar-refractivity contribution in [2.24, 2.45) is 7.05 Å². The Kier molecular flexibility index (Phi) is 4.19. The molecule has 2 aromatic rings. The van der Waals surface area contributed by atoms with Gasteiger partial charge in [-0.2, -0.15) is 0 Å². The summed E-state index contributed by atoms with van der Waals surface area (Å²) in [5.74, 6) is 0.942. The Balaban J connectivity index is 2.05. The number of hydrogen-bond donors (Lipinski definition) is 2. The van der Waals surface area contributed by atoms with Gasteiger partial charge >= 0.3 is 5.97 Å². The molecule has 0 aliphatic heterocycles. The summed E-state index contributed by atoms with van der Waals surface area (Å²) in [4.78, 5) is 20.0. The van der Waals surface area contributed by atoms with Crippen molar-refractivity contribution < 1.29 is 9.53 Å². The molecule has 0 radical (unpaired) electrons. The largest absolute Gasteiger partial charge is 0.465 e. The standard InChI is InChI=1S/C13H17N5O2/c1-18-6-5-15-11(18)3-4-16-12-10(13(19)20-2)7-9(14)8-17-12/h5-8H,3-4,14H2,1-2H3,(H,16,17). The first-order valence-electron chi connectivity index (χ1n) is 6.15. The molecule has 0 amide bonds. The fraction of sp³-hybridized carbons (Fsp3) is 0.308. The maximum absolute atomic E-state index is 11.7. The summed E-state index contributed by atoms with van der Waals surface area (Å²) in [6.45, 7) is 0.603. The molecular formula is C13H17N5O2. The number of nitrogens with two attached hydrogens (primary N) is 1. The normalized spacial score (nSPS) is 10.3. The number of carbonyl (C=O) groups is 1. The second-order valence-corrected chi connectivity index (χ2v) is 4.29. The predicted molar refractivity (Wildman–Crippen MR) is 75.4 cm³/mol. The van der Waals surface area contributed by atoms with Crippen molar-refractivity contribution in [1.29, 1.82) is 0 Å². The Bertz CT molecular complexity index is 609. The fourth-order valence-electron chi connectivity index (χ4n) is 1.82. The van der Waals surface area contributed by atoms with E-state index in [4.69, 9.17) is 10.5 Å². The molecule has 7 heteroatoms. The lowest BCUT2D eigenvalue weighted by molar-refractivity contribution is 0.0601. The lowest BCUT2D eigenvalue weighted by atomic mass is 10.2. The van der Waals surface area contributed by atoms with E-state index in [9.17, 15) is 4.79 Å². The zero-order valence-electron chi connectivity index (χ0n) is 11.5. The van der Waals surface area contributed by atoms with Crippen molar-refractivity contribution >= 4 is 17.5 Å². The van der Waals surface area contributed by atoms with Gasteiger partial charge in [0, 0.05) is 32.4 Å². The van der Waals surface area contributed by atoms with Crippen LogP contribution in [0.4, 0.5) is 11.5 Å². The molecule has 0 bridgehead atoms. The summed E-state index contributed by atoms with van der Waals surface area (Å²) in [5, 5.41) is 3.10. The molecule has 0 saturated heterocycles. The highest BCUT2D eigenvalue weighted by Gasteiger charge is 2.13. The average Bonchev–Trinajstić information content (AvgIpc) is 2.85. The maximum Gasteiger partial charge on any atom is 0.341 e. The van der Waals surface area contributed by atoms with E-state index in [-0.39, 0.29) is 0 Å². The molecule has 0 unspecified atom stereocenters. The average molecular weight is 275 g/mol. The molecule has 2 rings (SSSR count). The van der Waals surface area contributed by atoms with E-state index in [0.717, 1.165) is 12.2 Å². The number of ether oxygens (including phenoxy) is 1. The first-order chi connectivity index (χ1) is 9.61. The summed E-state index contributed by atoms with van der Waals surface area (Å²) in [6, 6.07) is 1.54. The minimum absolute atomic E-state index is 0.326. The first-order valence-corrected chi connectivity index (χ1v) is 6.15. The van der Waals surface area contributed by atoms with Gasteiger partial charge in [0.1, 0.15) is 17.2 Å². The zero-order chi connectivity index (χ0) is 14.5. The van der Waals surface area contributed by atoms with Crippen molar-refractivity contribution in [3.63, 3.8) is 0 Å². The summed E-state index contributed by atoms with van der Waals surface area (Å²) < 4.78 is 6.66. The second-order valence-electron chi connectivity index (χ2n) is 4.29. The van der Waals surface area contributed by atoms with Gasteiger partial charge in [-0.1, -0.05) is 0 Å². The lowest BCUT2D eigenvalue weighted by Gasteiger charge is -2.10. The SMILES string of the molecule is COC(=O)c1cc(N)cnc1NCCc1nccn1C. The molecule has 0 saturated carbocycles. The third kappa shape index (κ3) is 3.05. The number of aryl methyl sites for hydroxylation is 1. The molecule has 20 heavy (non-hydrogen) atoms. The van der Waals surface area contributed by atoms with Crippen molar-refractivity contribution in [2.45, 2.75) is 6.42 Å². The number of pyridine rings is 1. The summed E-state index contributed by atoms with van der Waals surface area (Å²) in [5.41, 5.74) is 6.38. The molecule has 106 valence electrons. The maximum atomic E-state index is 11.7. The minimum atomic E-state index is -0.468. The first kappa shape index (κ1) is 13.9. The Morgan fingerprint density at radius 2 is 2.30 bits per heavy atom. The van der Waals surface area contributed by atoms with Crippen LogP contribution in [0.25, 0.3) is 0 Å². The van der Waals surface area contributed by atoms with Crippen LogP contribution in [-0.2, 0) is 18.2 Å². The number of anilines is 2. The van der Waals surface area contributed by atoms with Gasteiger partial charge in [-0.15, -0.1) is 0 Å². The number of esters is 1. The van der Waals surface area contributed by atoms with Crippen LogP contribution in [0.2, 0.25) is 0 Å². The van der Waals surface area contributed by atoms with Crippen LogP contribution < -0.4 is 11.1 Å². The van der Waals surface area contributed by atoms with Crippen molar-refractivity contribution in [1.82, 2.24) is 14.5 Å². The van der Waals surface area contributed by atoms with Crippen LogP contribution >= 0.6 is 0 Å². The number of nitrogens with one attached hydrogen (secondary N) is 1. The zero-order valence-corrected chi connectivity index (χ0v) is 11.5. The molecule has 2 heterocycles. The summed E-state index contributed by atoms with van der Waals surface area (Å²) >= 11 is 0. The number of nitrogen functional groups attached to an aromatic ring is 1. The number of rotatable bonds is 5. The van der Waals surface area contributed by atoms with Gasteiger partial charge in [0.15, 0.2) is 0 Å². The van der Waals surface area contributed by atoms with Gasteiger partial charge in [0.2, 0.25) is 0 Å². The van der Waals surface area contributed by atoms with Crippen LogP contribution in [0.15, 0.2) is 24.7 Å². The number of carbonyl (C=O) groups excluding carboxylic acids is 1. The number of aromatic nitrogens is 3. The molecule has 0 aliphatic rings. The third-order valence-corrected chi connectivity index (χ3v) is 2.88. The Morgan fingerprint density at radius 3 is 2.95 bits per heavy atom. The lowest BCUT2D eigenvalue weighted by Crippen LogP contribution is -2.14. The molecule has 2 aromatic heterocycles. The van der Waals surface area contributed by atoms with Gasteiger partial charge in [-0.3, -0.25) is 0 Å². The highest BCUT2D eigenvalue weighted by molar-refractivity contribution is 5.95. The minimum Gasteiger partial charge on any atom is -0.465 e. The molecule has 0 atom stereocenters. The number of methoxy groups -OCH3 is 1. The van der Waals surface area contributed by atoms with E-state index < -0.39 is 5.97 Å².